The van der Waals surface area contributed by atoms with E-state index >= 15 is 0 Å². The number of halogens is 4. The summed E-state index contributed by atoms with van der Waals surface area (Å²) in [6.45, 7) is 0. The fourth-order valence-electron chi connectivity index (χ4n) is 5.13. The SMILES string of the molecule is F[B-](F)(F)F.c1ccc(-c2cc3c4ccccc4c4cccc5c6ccccc6c(c2)[n+]3c45)cc1. The van der Waals surface area contributed by atoms with Crippen LogP contribution < -0.4 is 4.40 Å². The molecule has 0 amide bonds. The molecule has 0 spiro atoms. The maximum absolute atomic E-state index is 9.75. The summed E-state index contributed by atoms with van der Waals surface area (Å²) in [5.41, 5.74) is 6.33. The quantitative estimate of drug-likeness (QED) is 0.0750. The Bertz CT molecular complexity index is 1740. The van der Waals surface area contributed by atoms with Crippen molar-refractivity contribution in [2.75, 3.05) is 0 Å². The average molecular weight is 467 g/mol. The van der Waals surface area contributed by atoms with Crippen LogP contribution in [0.25, 0.3) is 60.0 Å². The van der Waals surface area contributed by atoms with Crippen LogP contribution in [0.3, 0.4) is 0 Å². The lowest BCUT2D eigenvalue weighted by Crippen LogP contribution is -2.26. The van der Waals surface area contributed by atoms with Crippen molar-refractivity contribution in [1.82, 2.24) is 0 Å². The predicted octanol–water partition coefficient (Wildman–Crippen LogP) is 8.44. The lowest BCUT2D eigenvalue weighted by atomic mass is 9.95. The summed E-state index contributed by atoms with van der Waals surface area (Å²) in [5.74, 6) is 0. The van der Waals surface area contributed by atoms with Crippen molar-refractivity contribution in [3.05, 3.63) is 109 Å². The highest BCUT2D eigenvalue weighted by Gasteiger charge is 2.24. The highest BCUT2D eigenvalue weighted by Crippen LogP contribution is 2.36. The van der Waals surface area contributed by atoms with E-state index in [4.69, 9.17) is 0 Å². The molecule has 4 aromatic carbocycles. The summed E-state index contributed by atoms with van der Waals surface area (Å²) in [5, 5.41) is 7.82. The summed E-state index contributed by atoms with van der Waals surface area (Å²) >= 11 is 0. The molecule has 7 rings (SSSR count). The Balaban J connectivity index is 0.000000419. The highest BCUT2D eigenvalue weighted by molar-refractivity contribution is 6.50. The molecular formula is C29H18BF4N. The van der Waals surface area contributed by atoms with Crippen LogP contribution in [0.15, 0.2) is 109 Å². The maximum Gasteiger partial charge on any atom is 0.673 e. The van der Waals surface area contributed by atoms with Gasteiger partial charge < -0.3 is 17.3 Å². The molecule has 1 nitrogen and oxygen atoms in total. The molecule has 0 aliphatic rings. The first kappa shape index (κ1) is 21.4. The van der Waals surface area contributed by atoms with Crippen LogP contribution in [0.5, 0.6) is 0 Å². The Hall–Kier alpha value is -4.19. The molecule has 7 aromatic rings. The number of rotatable bonds is 1. The van der Waals surface area contributed by atoms with E-state index in [-0.39, 0.29) is 0 Å². The van der Waals surface area contributed by atoms with E-state index in [0.29, 0.717) is 0 Å². The van der Waals surface area contributed by atoms with E-state index in [9.17, 15) is 17.3 Å². The molecule has 0 bridgehead atoms. The predicted molar refractivity (Wildman–Crippen MR) is 136 cm³/mol. The molecule has 0 saturated heterocycles. The molecule has 170 valence electrons. The molecular weight excluding hydrogens is 449 g/mol. The normalized spacial score (nSPS) is 12.0. The van der Waals surface area contributed by atoms with Crippen LogP contribution in [-0.2, 0) is 0 Å². The number of hydrogen-bond acceptors (Lipinski definition) is 0. The second-order valence-corrected chi connectivity index (χ2v) is 8.50. The van der Waals surface area contributed by atoms with E-state index in [0.717, 1.165) is 0 Å². The second-order valence-electron chi connectivity index (χ2n) is 8.50. The van der Waals surface area contributed by atoms with Crippen LogP contribution >= 0.6 is 0 Å². The summed E-state index contributed by atoms with van der Waals surface area (Å²) < 4.78 is 41.5. The fraction of sp³-hybridized carbons (Fsp3) is 0. The minimum atomic E-state index is -6.00. The number of pyridine rings is 3. The van der Waals surface area contributed by atoms with Crippen molar-refractivity contribution in [2.45, 2.75) is 0 Å². The van der Waals surface area contributed by atoms with Gasteiger partial charge in [0.15, 0.2) is 0 Å². The van der Waals surface area contributed by atoms with Crippen molar-refractivity contribution in [2.24, 2.45) is 0 Å². The molecule has 0 saturated carbocycles. The van der Waals surface area contributed by atoms with Crippen molar-refractivity contribution >= 4 is 56.1 Å². The van der Waals surface area contributed by atoms with Gasteiger partial charge in [0.05, 0.1) is 21.5 Å². The second kappa shape index (κ2) is 7.95. The van der Waals surface area contributed by atoms with E-state index < -0.39 is 7.25 Å². The monoisotopic (exact) mass is 467 g/mol. The molecule has 3 heterocycles. The molecule has 0 unspecified atom stereocenters. The van der Waals surface area contributed by atoms with Crippen molar-refractivity contribution in [1.29, 1.82) is 0 Å². The largest absolute Gasteiger partial charge is 0.673 e. The van der Waals surface area contributed by atoms with E-state index in [1.54, 1.807) is 0 Å². The zero-order chi connectivity index (χ0) is 24.2. The Morgan fingerprint density at radius 1 is 0.429 bits per heavy atom. The molecule has 35 heavy (non-hydrogen) atoms. The van der Waals surface area contributed by atoms with Gasteiger partial charge in [-0.1, -0.05) is 72.8 Å². The number of aromatic nitrogens is 1. The van der Waals surface area contributed by atoms with Gasteiger partial charge in [0.25, 0.3) is 0 Å². The highest BCUT2D eigenvalue weighted by atomic mass is 19.5. The minimum Gasteiger partial charge on any atom is -0.418 e. The van der Waals surface area contributed by atoms with E-state index in [1.165, 1.54) is 60.0 Å². The summed E-state index contributed by atoms with van der Waals surface area (Å²) in [7, 11) is -6.00. The van der Waals surface area contributed by atoms with E-state index in [2.05, 4.69) is 114 Å². The van der Waals surface area contributed by atoms with Crippen LogP contribution in [0.2, 0.25) is 0 Å². The van der Waals surface area contributed by atoms with Gasteiger partial charge in [-0.25, -0.2) is 0 Å². The van der Waals surface area contributed by atoms with Crippen molar-refractivity contribution < 1.29 is 21.7 Å². The van der Waals surface area contributed by atoms with Gasteiger partial charge >= 0.3 is 7.25 Å². The van der Waals surface area contributed by atoms with Crippen LogP contribution in [-0.4, -0.2) is 7.25 Å². The van der Waals surface area contributed by atoms with Gasteiger partial charge in [-0.05, 0) is 35.4 Å². The van der Waals surface area contributed by atoms with Crippen molar-refractivity contribution in [3.8, 4) is 11.1 Å². The third-order valence-corrected chi connectivity index (χ3v) is 6.42. The average Bonchev–Trinajstić information content (AvgIpc) is 2.87. The number of para-hydroxylation sites is 1. The Morgan fingerprint density at radius 2 is 0.829 bits per heavy atom. The third-order valence-electron chi connectivity index (χ3n) is 6.42. The van der Waals surface area contributed by atoms with Gasteiger partial charge in [0.1, 0.15) is 0 Å². The summed E-state index contributed by atoms with van der Waals surface area (Å²) in [6.07, 6.45) is 0. The van der Waals surface area contributed by atoms with Gasteiger partial charge in [0.2, 0.25) is 16.6 Å². The van der Waals surface area contributed by atoms with E-state index in [1.807, 2.05) is 0 Å². The first-order valence-electron chi connectivity index (χ1n) is 11.3. The molecule has 0 fully saturated rings. The third kappa shape index (κ3) is 3.62. The van der Waals surface area contributed by atoms with Crippen LogP contribution in [0.1, 0.15) is 0 Å². The Kier molecular flexibility index (Phi) is 4.85. The number of benzene rings is 4. The molecule has 0 N–H and O–H groups in total. The topological polar surface area (TPSA) is 4.10 Å². The maximum atomic E-state index is 9.75. The smallest absolute Gasteiger partial charge is 0.418 e. The molecule has 0 aliphatic heterocycles. The molecule has 0 atom stereocenters. The number of nitrogens with zero attached hydrogens (tertiary/aromatic N) is 1. The molecule has 6 heteroatoms. The Labute approximate surface area is 198 Å². The Morgan fingerprint density at radius 3 is 1.31 bits per heavy atom. The van der Waals surface area contributed by atoms with Gasteiger partial charge in [0, 0.05) is 22.9 Å². The number of fused-ring (bicyclic) bond motifs is 6. The first-order valence-corrected chi connectivity index (χ1v) is 11.3. The zero-order valence-corrected chi connectivity index (χ0v) is 18.4. The molecule has 3 aromatic heterocycles. The van der Waals surface area contributed by atoms with Gasteiger partial charge in [-0.3, -0.25) is 0 Å². The summed E-state index contributed by atoms with van der Waals surface area (Å²) in [6, 6.07) is 39.7. The lowest BCUT2D eigenvalue weighted by Gasteiger charge is -2.12. The molecule has 0 aliphatic carbocycles. The van der Waals surface area contributed by atoms with Gasteiger partial charge in [-0.15, -0.1) is 0 Å². The standard InChI is InChI=1S/C29H18N.BF4/c1-2-9-19(10-3-1)20-17-27-23-13-6-4-11-21(23)25-15-8-16-26-22-12-5-7-14-24(22)28(18-20)30(27)29(25)26;2-1(3,4)5/h1-18H;/q+1;-1. The number of hydrogen-bond donors (Lipinski definition) is 0. The lowest BCUT2D eigenvalue weighted by molar-refractivity contribution is -0.448. The van der Waals surface area contributed by atoms with Gasteiger partial charge in [-0.2, -0.15) is 4.40 Å². The fourth-order valence-corrected chi connectivity index (χ4v) is 5.13. The minimum absolute atomic E-state index is 1.25. The first-order chi connectivity index (χ1) is 16.9. The van der Waals surface area contributed by atoms with Crippen molar-refractivity contribution in [3.63, 3.8) is 0 Å². The van der Waals surface area contributed by atoms with Crippen LogP contribution in [0, 0.1) is 0 Å². The summed E-state index contributed by atoms with van der Waals surface area (Å²) in [4.78, 5) is 0. The molecule has 0 radical (unpaired) electrons. The zero-order valence-electron chi connectivity index (χ0n) is 18.4. The van der Waals surface area contributed by atoms with Crippen LogP contribution in [0.4, 0.5) is 17.3 Å².